The summed E-state index contributed by atoms with van der Waals surface area (Å²) in [6, 6.07) is 21.5. The maximum absolute atomic E-state index is 14.1. The molecule has 0 aliphatic rings. The lowest BCUT2D eigenvalue weighted by molar-refractivity contribution is -0.128. The average molecular weight is 500 g/mol. The van der Waals surface area contributed by atoms with Crippen LogP contribution in [0.1, 0.15) is 44.9 Å². The number of methoxy groups -OCH3 is 1. The number of benzene rings is 3. The second kappa shape index (κ2) is 10.8. The highest BCUT2D eigenvalue weighted by Gasteiger charge is 2.35. The molecule has 0 spiro atoms. The van der Waals surface area contributed by atoms with E-state index < -0.39 is 11.6 Å². The van der Waals surface area contributed by atoms with Gasteiger partial charge in [0, 0.05) is 11.2 Å². The van der Waals surface area contributed by atoms with E-state index in [9.17, 15) is 9.59 Å². The third-order valence-electron chi connectivity index (χ3n) is 6.01. The topological polar surface area (TPSA) is 89.4 Å². The monoisotopic (exact) mass is 499 g/mol. The standard InChI is InChI=1S/C29H33N5O3/c1-6-20-14-16-22(17-15-20)34(26(35)19-33-25-13-8-7-12-24(25)31-32-33)27(28(36)30-29(2,3)4)21-10-9-11-23(18-21)37-5/h7-18,27H,6,19H2,1-5H3,(H,30,36)/t27-/m1/s1. The van der Waals surface area contributed by atoms with Gasteiger partial charge >= 0.3 is 0 Å². The Labute approximate surface area is 217 Å². The van der Waals surface area contributed by atoms with Crippen molar-refractivity contribution in [3.8, 4) is 5.75 Å². The molecule has 0 fully saturated rings. The fourth-order valence-corrected chi connectivity index (χ4v) is 4.23. The Morgan fingerprint density at radius 1 is 1.03 bits per heavy atom. The molecule has 0 radical (unpaired) electrons. The molecule has 8 heteroatoms. The van der Waals surface area contributed by atoms with Gasteiger partial charge in [0.05, 0.1) is 12.6 Å². The minimum Gasteiger partial charge on any atom is -0.497 e. The molecular formula is C29H33N5O3. The molecule has 1 atom stereocenters. The largest absolute Gasteiger partial charge is 0.497 e. The van der Waals surface area contributed by atoms with Gasteiger partial charge in [-0.3, -0.25) is 14.5 Å². The van der Waals surface area contributed by atoms with Crippen LogP contribution in [0.5, 0.6) is 5.75 Å². The minimum absolute atomic E-state index is 0.0840. The van der Waals surface area contributed by atoms with Gasteiger partial charge in [-0.05, 0) is 74.7 Å². The number of anilines is 1. The number of carbonyl (C=O) groups is 2. The number of fused-ring (bicyclic) bond motifs is 1. The van der Waals surface area contributed by atoms with Crippen molar-refractivity contribution in [1.29, 1.82) is 0 Å². The molecule has 1 aromatic heterocycles. The number of nitrogens with zero attached hydrogens (tertiary/aromatic N) is 4. The number of carbonyl (C=O) groups excluding carboxylic acids is 2. The number of aromatic nitrogens is 3. The van der Waals surface area contributed by atoms with Gasteiger partial charge in [-0.15, -0.1) is 5.10 Å². The van der Waals surface area contributed by atoms with E-state index in [0.717, 1.165) is 17.5 Å². The maximum Gasteiger partial charge on any atom is 0.249 e. The average Bonchev–Trinajstić information content (AvgIpc) is 3.28. The number of nitrogens with one attached hydrogen (secondary N) is 1. The van der Waals surface area contributed by atoms with E-state index >= 15 is 0 Å². The Kier molecular flexibility index (Phi) is 7.57. The summed E-state index contributed by atoms with van der Waals surface area (Å²) in [7, 11) is 1.57. The van der Waals surface area contributed by atoms with Gasteiger partial charge in [0.25, 0.3) is 0 Å². The summed E-state index contributed by atoms with van der Waals surface area (Å²) in [5.41, 5.74) is 3.33. The summed E-state index contributed by atoms with van der Waals surface area (Å²) in [5, 5.41) is 11.4. The number of para-hydroxylation sites is 1. The fourth-order valence-electron chi connectivity index (χ4n) is 4.23. The van der Waals surface area contributed by atoms with Crippen LogP contribution in [-0.2, 0) is 22.6 Å². The Hall–Kier alpha value is -4.20. The second-order valence-electron chi connectivity index (χ2n) is 9.94. The molecule has 0 unspecified atom stereocenters. The molecule has 4 rings (SSSR count). The lowest BCUT2D eigenvalue weighted by Gasteiger charge is -2.34. The van der Waals surface area contributed by atoms with E-state index in [1.165, 1.54) is 0 Å². The van der Waals surface area contributed by atoms with Crippen molar-refractivity contribution in [3.63, 3.8) is 0 Å². The molecule has 2 amide bonds. The molecule has 4 aromatic rings. The van der Waals surface area contributed by atoms with E-state index in [4.69, 9.17) is 4.74 Å². The summed E-state index contributed by atoms with van der Waals surface area (Å²) in [6.07, 6.45) is 0.864. The molecular weight excluding hydrogens is 466 g/mol. The first-order valence-corrected chi connectivity index (χ1v) is 12.4. The molecule has 37 heavy (non-hydrogen) atoms. The Morgan fingerprint density at radius 3 is 2.43 bits per heavy atom. The number of amides is 2. The van der Waals surface area contributed by atoms with Crippen LogP contribution in [0.2, 0.25) is 0 Å². The summed E-state index contributed by atoms with van der Waals surface area (Å²) in [5.74, 6) is 0.0101. The Morgan fingerprint density at radius 2 is 1.76 bits per heavy atom. The highest BCUT2D eigenvalue weighted by molar-refractivity contribution is 6.01. The smallest absolute Gasteiger partial charge is 0.249 e. The van der Waals surface area contributed by atoms with Crippen molar-refractivity contribution in [2.24, 2.45) is 0 Å². The zero-order valence-electron chi connectivity index (χ0n) is 21.9. The summed E-state index contributed by atoms with van der Waals surface area (Å²) in [4.78, 5) is 29.5. The van der Waals surface area contributed by atoms with Crippen LogP contribution in [0, 0.1) is 0 Å². The zero-order chi connectivity index (χ0) is 26.6. The fraction of sp³-hybridized carbons (Fsp3) is 0.310. The summed E-state index contributed by atoms with van der Waals surface area (Å²) >= 11 is 0. The molecule has 0 aliphatic heterocycles. The molecule has 8 nitrogen and oxygen atoms in total. The van der Waals surface area contributed by atoms with E-state index in [0.29, 0.717) is 22.5 Å². The molecule has 1 N–H and O–H groups in total. The number of aryl methyl sites for hydroxylation is 1. The van der Waals surface area contributed by atoms with Crippen LogP contribution >= 0.6 is 0 Å². The number of rotatable bonds is 8. The first-order chi connectivity index (χ1) is 17.7. The maximum atomic E-state index is 14.1. The SMILES string of the molecule is CCc1ccc(N(C(=O)Cn2nnc3ccccc32)[C@@H](C(=O)NC(C)(C)C)c2cccc(OC)c2)cc1. The van der Waals surface area contributed by atoms with Crippen LogP contribution in [0.3, 0.4) is 0 Å². The van der Waals surface area contributed by atoms with E-state index in [-0.39, 0.29) is 18.4 Å². The van der Waals surface area contributed by atoms with Crippen LogP contribution in [-0.4, -0.2) is 39.5 Å². The summed E-state index contributed by atoms with van der Waals surface area (Å²) < 4.78 is 7.00. The van der Waals surface area contributed by atoms with Crippen molar-refractivity contribution in [1.82, 2.24) is 20.3 Å². The van der Waals surface area contributed by atoms with Crippen molar-refractivity contribution in [2.75, 3.05) is 12.0 Å². The second-order valence-corrected chi connectivity index (χ2v) is 9.94. The van der Waals surface area contributed by atoms with Gasteiger partial charge in [0.2, 0.25) is 11.8 Å². The van der Waals surface area contributed by atoms with Crippen LogP contribution < -0.4 is 15.0 Å². The van der Waals surface area contributed by atoms with Crippen molar-refractivity contribution >= 4 is 28.5 Å². The molecule has 1 heterocycles. The number of hydrogen-bond donors (Lipinski definition) is 1. The van der Waals surface area contributed by atoms with Crippen LogP contribution in [0.15, 0.2) is 72.8 Å². The Balaban J connectivity index is 1.83. The molecule has 0 saturated heterocycles. The molecule has 192 valence electrons. The van der Waals surface area contributed by atoms with Crippen molar-refractivity contribution in [2.45, 2.75) is 52.2 Å². The zero-order valence-corrected chi connectivity index (χ0v) is 21.9. The quantitative estimate of drug-likeness (QED) is 0.380. The van der Waals surface area contributed by atoms with Crippen LogP contribution in [0.25, 0.3) is 11.0 Å². The van der Waals surface area contributed by atoms with Crippen molar-refractivity contribution in [3.05, 3.63) is 83.9 Å². The van der Waals surface area contributed by atoms with Gasteiger partial charge in [-0.1, -0.05) is 48.5 Å². The molecule has 0 saturated carbocycles. The summed E-state index contributed by atoms with van der Waals surface area (Å²) in [6.45, 7) is 7.73. The predicted octanol–water partition coefficient (Wildman–Crippen LogP) is 4.69. The van der Waals surface area contributed by atoms with Gasteiger partial charge in [0.1, 0.15) is 23.9 Å². The minimum atomic E-state index is -0.941. The van der Waals surface area contributed by atoms with E-state index in [2.05, 4.69) is 22.6 Å². The van der Waals surface area contributed by atoms with E-state index in [1.54, 1.807) is 22.8 Å². The highest BCUT2D eigenvalue weighted by Crippen LogP contribution is 2.31. The van der Waals surface area contributed by atoms with Gasteiger partial charge in [-0.2, -0.15) is 0 Å². The third-order valence-corrected chi connectivity index (χ3v) is 6.01. The lowest BCUT2D eigenvalue weighted by Crippen LogP contribution is -2.50. The van der Waals surface area contributed by atoms with Gasteiger partial charge < -0.3 is 10.1 Å². The molecule has 0 bridgehead atoms. The van der Waals surface area contributed by atoms with Gasteiger partial charge in [-0.25, -0.2) is 4.68 Å². The number of hydrogen-bond acceptors (Lipinski definition) is 5. The predicted molar refractivity (Wildman–Crippen MR) is 144 cm³/mol. The Bertz CT molecular complexity index is 1390. The molecule has 0 aliphatic carbocycles. The normalized spacial score (nSPS) is 12.2. The first-order valence-electron chi connectivity index (χ1n) is 12.4. The van der Waals surface area contributed by atoms with E-state index in [1.807, 2.05) is 87.5 Å². The third kappa shape index (κ3) is 5.97. The highest BCUT2D eigenvalue weighted by atomic mass is 16.5. The first kappa shape index (κ1) is 25.9. The number of ether oxygens (including phenoxy) is 1. The van der Waals surface area contributed by atoms with Crippen molar-refractivity contribution < 1.29 is 14.3 Å². The van der Waals surface area contributed by atoms with Crippen LogP contribution in [0.4, 0.5) is 5.69 Å². The lowest BCUT2D eigenvalue weighted by atomic mass is 10.00. The molecule has 3 aromatic carbocycles. The van der Waals surface area contributed by atoms with Gasteiger partial charge in [0.15, 0.2) is 0 Å².